The van der Waals surface area contributed by atoms with Crippen LogP contribution >= 0.6 is 23.4 Å². The summed E-state index contributed by atoms with van der Waals surface area (Å²) in [5.41, 5.74) is 0.181. The number of benzene rings is 2. The van der Waals surface area contributed by atoms with Gasteiger partial charge in [-0.05, 0) is 42.7 Å². The van der Waals surface area contributed by atoms with E-state index in [1.165, 1.54) is 23.9 Å². The lowest BCUT2D eigenvalue weighted by molar-refractivity contribution is -0.385. The molecule has 2 amide bonds. The summed E-state index contributed by atoms with van der Waals surface area (Å²) < 4.78 is 0. The zero-order valence-corrected chi connectivity index (χ0v) is 15.4. The lowest BCUT2D eigenvalue weighted by Gasteiger charge is -2.08. The summed E-state index contributed by atoms with van der Waals surface area (Å²) in [6, 6.07) is 10.8. The van der Waals surface area contributed by atoms with Crippen LogP contribution in [0, 0.1) is 10.1 Å². The van der Waals surface area contributed by atoms with Gasteiger partial charge in [0.2, 0.25) is 0 Å². The summed E-state index contributed by atoms with van der Waals surface area (Å²) in [6.45, 7) is 0.321. The predicted molar refractivity (Wildman–Crippen MR) is 101 cm³/mol. The summed E-state index contributed by atoms with van der Waals surface area (Å²) in [5.74, 6) is -0.861. The van der Waals surface area contributed by atoms with E-state index in [1.807, 2.05) is 6.26 Å². The van der Waals surface area contributed by atoms with E-state index in [-0.39, 0.29) is 30.2 Å². The lowest BCUT2D eigenvalue weighted by Crippen LogP contribution is -2.34. The van der Waals surface area contributed by atoms with Crippen LogP contribution in [-0.4, -0.2) is 36.1 Å². The van der Waals surface area contributed by atoms with Gasteiger partial charge in [-0.25, -0.2) is 0 Å². The fourth-order valence-corrected chi connectivity index (χ4v) is 2.70. The van der Waals surface area contributed by atoms with Crippen molar-refractivity contribution in [2.45, 2.75) is 4.90 Å². The second-order valence-corrected chi connectivity index (χ2v) is 6.47. The highest BCUT2D eigenvalue weighted by Gasteiger charge is 2.20. The van der Waals surface area contributed by atoms with E-state index >= 15 is 0 Å². The maximum Gasteiger partial charge on any atom is 0.282 e. The number of carbonyl (C=O) groups is 2. The zero-order chi connectivity index (χ0) is 19.1. The number of thioether (sulfide) groups is 1. The number of hydrogen-bond acceptors (Lipinski definition) is 5. The second kappa shape index (κ2) is 9.21. The molecule has 0 atom stereocenters. The van der Waals surface area contributed by atoms with Crippen LogP contribution in [0.2, 0.25) is 5.02 Å². The summed E-state index contributed by atoms with van der Waals surface area (Å²) in [4.78, 5) is 35.4. The Morgan fingerprint density at radius 3 is 2.27 bits per heavy atom. The van der Waals surface area contributed by atoms with Gasteiger partial charge in [0, 0.05) is 34.6 Å². The Morgan fingerprint density at radius 1 is 1.08 bits per heavy atom. The normalized spacial score (nSPS) is 10.2. The number of rotatable bonds is 7. The van der Waals surface area contributed by atoms with Crippen LogP contribution in [0.15, 0.2) is 47.4 Å². The number of amides is 2. The van der Waals surface area contributed by atoms with Gasteiger partial charge in [0.1, 0.15) is 5.56 Å². The Balaban J connectivity index is 1.91. The highest BCUT2D eigenvalue weighted by atomic mass is 35.5. The molecule has 0 heterocycles. The number of nitro groups is 1. The molecule has 2 aromatic rings. The van der Waals surface area contributed by atoms with Crippen LogP contribution in [0.5, 0.6) is 0 Å². The van der Waals surface area contributed by atoms with Crippen molar-refractivity contribution < 1.29 is 14.5 Å². The Labute approximate surface area is 159 Å². The molecular formula is C17H16ClN3O4S. The van der Waals surface area contributed by atoms with Crippen LogP contribution in [0.3, 0.4) is 0 Å². The van der Waals surface area contributed by atoms with Gasteiger partial charge >= 0.3 is 0 Å². The minimum atomic E-state index is -0.596. The van der Waals surface area contributed by atoms with E-state index in [9.17, 15) is 19.7 Å². The van der Waals surface area contributed by atoms with Gasteiger partial charge in [-0.2, -0.15) is 0 Å². The Hall–Kier alpha value is -2.58. The molecule has 9 heteroatoms. The quantitative estimate of drug-likeness (QED) is 0.325. The zero-order valence-electron chi connectivity index (χ0n) is 13.8. The van der Waals surface area contributed by atoms with E-state index in [0.29, 0.717) is 10.6 Å². The Bertz CT molecular complexity index is 827. The SMILES string of the molecule is CSc1ccc([N+](=O)[O-])c(C(=O)NCCNC(=O)c2ccc(Cl)cc2)c1. The molecule has 0 saturated heterocycles. The third kappa shape index (κ3) is 5.21. The van der Waals surface area contributed by atoms with Crippen LogP contribution in [0.4, 0.5) is 5.69 Å². The molecule has 0 radical (unpaired) electrons. The maximum absolute atomic E-state index is 12.2. The first-order valence-electron chi connectivity index (χ1n) is 7.56. The molecule has 0 aliphatic heterocycles. The predicted octanol–water partition coefficient (Wildman–Crippen LogP) is 3.13. The summed E-state index contributed by atoms with van der Waals surface area (Å²) in [7, 11) is 0. The first-order chi connectivity index (χ1) is 12.4. The van der Waals surface area contributed by atoms with Gasteiger partial charge in [-0.1, -0.05) is 11.6 Å². The average molecular weight is 394 g/mol. The van der Waals surface area contributed by atoms with Gasteiger partial charge in [-0.15, -0.1) is 11.8 Å². The standard InChI is InChI=1S/C17H16ClN3O4S/c1-26-13-6-7-15(21(24)25)14(10-13)17(23)20-9-8-19-16(22)11-2-4-12(18)5-3-11/h2-7,10H,8-9H2,1H3,(H,19,22)(H,20,23). The van der Waals surface area contributed by atoms with E-state index in [1.54, 1.807) is 30.3 Å². The number of nitro benzene ring substituents is 1. The van der Waals surface area contributed by atoms with Crippen molar-refractivity contribution in [3.8, 4) is 0 Å². The molecular weight excluding hydrogens is 378 g/mol. The van der Waals surface area contributed by atoms with Gasteiger partial charge in [0.05, 0.1) is 4.92 Å². The van der Waals surface area contributed by atoms with Gasteiger partial charge in [0.25, 0.3) is 17.5 Å². The number of halogens is 1. The minimum absolute atomic E-state index is 0.00845. The van der Waals surface area contributed by atoms with Crippen molar-refractivity contribution in [2.24, 2.45) is 0 Å². The molecule has 2 rings (SSSR count). The maximum atomic E-state index is 12.2. The number of nitrogens with one attached hydrogen (secondary N) is 2. The van der Waals surface area contributed by atoms with Crippen molar-refractivity contribution >= 4 is 40.9 Å². The third-order valence-electron chi connectivity index (χ3n) is 3.45. The first kappa shape index (κ1) is 19.7. The monoisotopic (exact) mass is 393 g/mol. The molecule has 0 bridgehead atoms. The second-order valence-electron chi connectivity index (χ2n) is 5.16. The minimum Gasteiger partial charge on any atom is -0.350 e. The molecule has 0 saturated carbocycles. The molecule has 0 unspecified atom stereocenters. The fraction of sp³-hybridized carbons (Fsp3) is 0.176. The average Bonchev–Trinajstić information content (AvgIpc) is 2.64. The van der Waals surface area contributed by atoms with Crippen molar-refractivity contribution in [2.75, 3.05) is 19.3 Å². The van der Waals surface area contributed by atoms with E-state index in [2.05, 4.69) is 10.6 Å². The van der Waals surface area contributed by atoms with Gasteiger partial charge in [-0.3, -0.25) is 19.7 Å². The topological polar surface area (TPSA) is 101 Å². The molecule has 0 spiro atoms. The van der Waals surface area contributed by atoms with Crippen molar-refractivity contribution in [3.63, 3.8) is 0 Å². The molecule has 0 aliphatic carbocycles. The summed E-state index contributed by atoms with van der Waals surface area (Å²) in [6.07, 6.45) is 1.81. The van der Waals surface area contributed by atoms with Crippen LogP contribution in [-0.2, 0) is 0 Å². The van der Waals surface area contributed by atoms with Crippen LogP contribution < -0.4 is 10.6 Å². The molecule has 2 aromatic carbocycles. The summed E-state index contributed by atoms with van der Waals surface area (Å²) >= 11 is 7.15. The molecule has 0 aromatic heterocycles. The van der Waals surface area contributed by atoms with Crippen molar-refractivity contribution in [3.05, 3.63) is 68.7 Å². The molecule has 26 heavy (non-hydrogen) atoms. The highest BCUT2D eigenvalue weighted by Crippen LogP contribution is 2.24. The summed E-state index contributed by atoms with van der Waals surface area (Å²) in [5, 5.41) is 16.8. The molecule has 0 fully saturated rings. The number of nitrogens with zero attached hydrogens (tertiary/aromatic N) is 1. The Morgan fingerprint density at radius 2 is 1.69 bits per heavy atom. The van der Waals surface area contributed by atoms with Crippen molar-refractivity contribution in [1.29, 1.82) is 0 Å². The largest absolute Gasteiger partial charge is 0.350 e. The highest BCUT2D eigenvalue weighted by molar-refractivity contribution is 7.98. The van der Waals surface area contributed by atoms with Crippen LogP contribution in [0.25, 0.3) is 0 Å². The van der Waals surface area contributed by atoms with E-state index in [0.717, 1.165) is 4.90 Å². The van der Waals surface area contributed by atoms with Gasteiger partial charge < -0.3 is 10.6 Å². The van der Waals surface area contributed by atoms with Crippen LogP contribution in [0.1, 0.15) is 20.7 Å². The van der Waals surface area contributed by atoms with E-state index < -0.39 is 10.8 Å². The van der Waals surface area contributed by atoms with E-state index in [4.69, 9.17) is 11.6 Å². The molecule has 7 nitrogen and oxygen atoms in total. The lowest BCUT2D eigenvalue weighted by atomic mass is 10.1. The Kier molecular flexibility index (Phi) is 6.99. The smallest absolute Gasteiger partial charge is 0.282 e. The number of hydrogen-bond donors (Lipinski definition) is 2. The van der Waals surface area contributed by atoms with Gasteiger partial charge in [0.15, 0.2) is 0 Å². The van der Waals surface area contributed by atoms with Crippen molar-refractivity contribution in [1.82, 2.24) is 10.6 Å². The molecule has 2 N–H and O–H groups in total. The molecule has 0 aliphatic rings. The third-order valence-corrected chi connectivity index (χ3v) is 4.42. The fourth-order valence-electron chi connectivity index (χ4n) is 2.13. The molecule has 136 valence electrons. The first-order valence-corrected chi connectivity index (χ1v) is 9.17. The number of carbonyl (C=O) groups excluding carboxylic acids is 2.